The smallest absolute Gasteiger partial charge is 0.191 e. The molecule has 0 bridgehead atoms. The van der Waals surface area contributed by atoms with Crippen molar-refractivity contribution < 1.29 is 13.6 Å². The first kappa shape index (κ1) is 12.0. The van der Waals surface area contributed by atoms with Crippen LogP contribution in [0.1, 0.15) is 23.2 Å². The molecule has 2 heterocycles. The van der Waals surface area contributed by atoms with Crippen LogP contribution in [0.5, 0.6) is 0 Å². The molecule has 2 aromatic heterocycles. The van der Waals surface area contributed by atoms with Crippen LogP contribution in [-0.4, -0.2) is 15.8 Å². The Kier molecular flexibility index (Phi) is 3.52. The summed E-state index contributed by atoms with van der Waals surface area (Å²) in [5, 5.41) is 0. The Labute approximate surface area is 104 Å². The van der Waals surface area contributed by atoms with Crippen LogP contribution in [0.4, 0.5) is 0 Å². The lowest BCUT2D eigenvalue weighted by Gasteiger charge is -1.82. The van der Waals surface area contributed by atoms with Gasteiger partial charge in [0.1, 0.15) is 23.9 Å². The summed E-state index contributed by atoms with van der Waals surface area (Å²) in [6.45, 7) is 3.48. The Balaban J connectivity index is 1.96. The second-order valence-corrected chi connectivity index (χ2v) is 3.65. The highest BCUT2D eigenvalue weighted by atomic mass is 16.3. The van der Waals surface area contributed by atoms with Gasteiger partial charge < -0.3 is 8.83 Å². The monoisotopic (exact) mass is 244 g/mol. The summed E-state index contributed by atoms with van der Waals surface area (Å²) >= 11 is 0. The first-order chi connectivity index (χ1) is 8.63. The molecule has 2 rings (SSSR count). The van der Waals surface area contributed by atoms with Crippen molar-refractivity contribution >= 4 is 17.9 Å². The number of hydrogen-bond donors (Lipinski definition) is 0. The molecule has 0 aromatic carbocycles. The van der Waals surface area contributed by atoms with Crippen LogP contribution in [0, 0.1) is 13.8 Å². The number of carbonyl (C=O) groups is 1. The Bertz CT molecular complexity index is 553. The van der Waals surface area contributed by atoms with E-state index in [0.29, 0.717) is 23.2 Å². The van der Waals surface area contributed by atoms with E-state index < -0.39 is 0 Å². The molecule has 5 nitrogen and oxygen atoms in total. The summed E-state index contributed by atoms with van der Waals surface area (Å²) < 4.78 is 10.0. The molecule has 0 radical (unpaired) electrons. The third-order valence-electron chi connectivity index (χ3n) is 2.11. The van der Waals surface area contributed by atoms with Gasteiger partial charge in [-0.15, -0.1) is 0 Å². The summed E-state index contributed by atoms with van der Waals surface area (Å²) in [7, 11) is 0. The fourth-order valence-corrected chi connectivity index (χ4v) is 1.30. The van der Waals surface area contributed by atoms with Crippen molar-refractivity contribution in [1.29, 1.82) is 0 Å². The lowest BCUT2D eigenvalue weighted by atomic mass is 10.3. The van der Waals surface area contributed by atoms with Crippen LogP contribution in [0.3, 0.4) is 0 Å². The van der Waals surface area contributed by atoms with Crippen LogP contribution >= 0.6 is 0 Å². The zero-order chi connectivity index (χ0) is 13.0. The fraction of sp³-hybridized carbons (Fsp3) is 0.154. The summed E-state index contributed by atoms with van der Waals surface area (Å²) in [4.78, 5) is 19.6. The van der Waals surface area contributed by atoms with Gasteiger partial charge in [-0.3, -0.25) is 4.79 Å². The number of hydrogen-bond acceptors (Lipinski definition) is 5. The Morgan fingerprint density at radius 3 is 1.78 bits per heavy atom. The molecule has 0 amide bonds. The van der Waals surface area contributed by atoms with Crippen molar-refractivity contribution in [2.75, 3.05) is 0 Å². The molecule has 92 valence electrons. The lowest BCUT2D eigenvalue weighted by molar-refractivity contribution is -0.110. The molecule has 0 spiro atoms. The predicted molar refractivity (Wildman–Crippen MR) is 65.6 cm³/mol. The summed E-state index contributed by atoms with van der Waals surface area (Å²) in [5.41, 5.74) is 1.23. The molecule has 0 aliphatic carbocycles. The van der Waals surface area contributed by atoms with Crippen molar-refractivity contribution in [3.63, 3.8) is 0 Å². The van der Waals surface area contributed by atoms with E-state index in [4.69, 9.17) is 8.83 Å². The van der Waals surface area contributed by atoms with Crippen LogP contribution < -0.4 is 0 Å². The maximum absolute atomic E-state index is 11.5. The maximum atomic E-state index is 11.5. The highest BCUT2D eigenvalue weighted by Crippen LogP contribution is 2.04. The van der Waals surface area contributed by atoms with Crippen LogP contribution in [0.15, 0.2) is 33.5 Å². The first-order valence-electron chi connectivity index (χ1n) is 5.38. The molecule has 0 unspecified atom stereocenters. The van der Waals surface area contributed by atoms with Gasteiger partial charge in [-0.2, -0.15) is 0 Å². The van der Waals surface area contributed by atoms with Crippen LogP contribution in [-0.2, 0) is 4.79 Å². The minimum absolute atomic E-state index is 0.156. The van der Waals surface area contributed by atoms with E-state index in [1.54, 1.807) is 26.0 Å². The zero-order valence-corrected chi connectivity index (χ0v) is 10.1. The van der Waals surface area contributed by atoms with E-state index in [2.05, 4.69) is 9.97 Å². The molecule has 2 aromatic rings. The summed E-state index contributed by atoms with van der Waals surface area (Å²) in [6, 6.07) is 0. The van der Waals surface area contributed by atoms with Crippen molar-refractivity contribution in [2.24, 2.45) is 0 Å². The van der Waals surface area contributed by atoms with E-state index in [0.717, 1.165) is 0 Å². The largest absolute Gasteiger partial charge is 0.449 e. The number of allylic oxidation sites excluding steroid dienone is 2. The third kappa shape index (κ3) is 3.28. The molecule has 0 atom stereocenters. The number of ketones is 1. The second-order valence-electron chi connectivity index (χ2n) is 3.65. The van der Waals surface area contributed by atoms with Crippen LogP contribution in [0.25, 0.3) is 12.2 Å². The normalized spacial score (nSPS) is 11.7. The SMILES string of the molecule is Cc1nc(/C=C/C(=O)/C=C/c2coc(C)n2)co1. The number of carbonyl (C=O) groups excluding carboxylic acids is 1. The Hall–Kier alpha value is -2.43. The predicted octanol–water partition coefficient (Wildman–Crippen LogP) is 2.58. The van der Waals surface area contributed by atoms with Gasteiger partial charge in [-0.05, 0) is 24.3 Å². The van der Waals surface area contributed by atoms with Crippen LogP contribution in [0.2, 0.25) is 0 Å². The molecular weight excluding hydrogens is 232 g/mol. The minimum atomic E-state index is -0.156. The fourth-order valence-electron chi connectivity index (χ4n) is 1.30. The Morgan fingerprint density at radius 1 is 1.00 bits per heavy atom. The third-order valence-corrected chi connectivity index (χ3v) is 2.11. The molecule has 0 saturated carbocycles. The molecule has 0 N–H and O–H groups in total. The van der Waals surface area contributed by atoms with Gasteiger partial charge in [0.05, 0.1) is 0 Å². The molecule has 5 heteroatoms. The number of aromatic nitrogens is 2. The molecular formula is C13H12N2O3. The van der Waals surface area contributed by atoms with Crippen molar-refractivity contribution in [3.05, 3.63) is 47.8 Å². The van der Waals surface area contributed by atoms with Gasteiger partial charge >= 0.3 is 0 Å². The minimum Gasteiger partial charge on any atom is -0.449 e. The molecule has 0 aliphatic rings. The van der Waals surface area contributed by atoms with E-state index in [1.807, 2.05) is 0 Å². The van der Waals surface area contributed by atoms with Gasteiger partial charge in [0, 0.05) is 13.8 Å². The average Bonchev–Trinajstić information content (AvgIpc) is 2.93. The molecule has 0 fully saturated rings. The van der Waals surface area contributed by atoms with E-state index >= 15 is 0 Å². The summed E-state index contributed by atoms with van der Waals surface area (Å²) in [6.07, 6.45) is 9.00. The number of rotatable bonds is 4. The van der Waals surface area contributed by atoms with Crippen molar-refractivity contribution in [2.45, 2.75) is 13.8 Å². The summed E-state index contributed by atoms with van der Waals surface area (Å²) in [5.74, 6) is 0.975. The topological polar surface area (TPSA) is 69.1 Å². The van der Waals surface area contributed by atoms with E-state index in [1.165, 1.54) is 24.7 Å². The second kappa shape index (κ2) is 5.27. The van der Waals surface area contributed by atoms with Gasteiger partial charge in [0.2, 0.25) is 0 Å². The number of aryl methyl sites for hydroxylation is 2. The maximum Gasteiger partial charge on any atom is 0.191 e. The Morgan fingerprint density at radius 2 is 1.44 bits per heavy atom. The highest BCUT2D eigenvalue weighted by Gasteiger charge is 1.97. The lowest BCUT2D eigenvalue weighted by Crippen LogP contribution is -1.85. The zero-order valence-electron chi connectivity index (χ0n) is 10.1. The van der Waals surface area contributed by atoms with Gasteiger partial charge in [0.25, 0.3) is 0 Å². The first-order valence-corrected chi connectivity index (χ1v) is 5.38. The van der Waals surface area contributed by atoms with Crippen molar-refractivity contribution in [3.8, 4) is 0 Å². The average molecular weight is 244 g/mol. The number of nitrogens with zero attached hydrogens (tertiary/aromatic N) is 2. The highest BCUT2D eigenvalue weighted by molar-refractivity contribution is 6.04. The number of oxazole rings is 2. The van der Waals surface area contributed by atoms with Gasteiger partial charge in [0.15, 0.2) is 17.6 Å². The quantitative estimate of drug-likeness (QED) is 0.773. The standard InChI is InChI=1S/C13H12N2O3/c1-9-14-11(7-17-9)3-5-13(16)6-4-12-8-18-10(2)15-12/h3-8H,1-2H3/b5-3+,6-4+. The molecule has 0 saturated heterocycles. The van der Waals surface area contributed by atoms with Crippen molar-refractivity contribution in [1.82, 2.24) is 9.97 Å². The van der Waals surface area contributed by atoms with E-state index in [9.17, 15) is 4.79 Å². The molecule has 0 aliphatic heterocycles. The van der Waals surface area contributed by atoms with Gasteiger partial charge in [-0.25, -0.2) is 9.97 Å². The molecule has 18 heavy (non-hydrogen) atoms. The van der Waals surface area contributed by atoms with E-state index in [-0.39, 0.29) is 5.78 Å². The van der Waals surface area contributed by atoms with Gasteiger partial charge in [-0.1, -0.05) is 0 Å².